The van der Waals surface area contributed by atoms with E-state index in [1.807, 2.05) is 26.0 Å². The van der Waals surface area contributed by atoms with Crippen LogP contribution in [-0.2, 0) is 0 Å². The molecule has 0 heterocycles. The fraction of sp³-hybridized carbons (Fsp3) is 0.400. The molecule has 1 aromatic carbocycles. The van der Waals surface area contributed by atoms with Crippen LogP contribution in [0.25, 0.3) is 0 Å². The van der Waals surface area contributed by atoms with Crippen LogP contribution < -0.4 is 5.73 Å². The van der Waals surface area contributed by atoms with Crippen LogP contribution in [0.1, 0.15) is 22.7 Å². The first kappa shape index (κ1) is 10.7. The summed E-state index contributed by atoms with van der Waals surface area (Å²) >= 11 is 3.49. The van der Waals surface area contributed by atoms with Crippen LogP contribution in [0.4, 0.5) is 0 Å². The van der Waals surface area contributed by atoms with Gasteiger partial charge in [0.2, 0.25) is 0 Å². The van der Waals surface area contributed by atoms with Crippen LogP contribution in [0.15, 0.2) is 16.6 Å². The second-order valence-corrected chi connectivity index (χ2v) is 3.99. The maximum absolute atomic E-state index is 8.93. The Morgan fingerprint density at radius 1 is 1.46 bits per heavy atom. The van der Waals surface area contributed by atoms with Crippen LogP contribution >= 0.6 is 15.9 Å². The van der Waals surface area contributed by atoms with E-state index in [4.69, 9.17) is 10.8 Å². The van der Waals surface area contributed by atoms with Gasteiger partial charge in [-0.3, -0.25) is 0 Å². The minimum absolute atomic E-state index is 0.0175. The smallest absolute Gasteiger partial charge is 0.0624 e. The predicted octanol–water partition coefficient (Wildman–Crippen LogP) is 2.06. The number of aliphatic hydroxyl groups excluding tert-OH is 1. The van der Waals surface area contributed by atoms with Crippen LogP contribution in [-0.4, -0.2) is 11.7 Å². The molecule has 2 nitrogen and oxygen atoms in total. The van der Waals surface area contributed by atoms with Gasteiger partial charge in [0, 0.05) is 4.47 Å². The van der Waals surface area contributed by atoms with E-state index in [2.05, 4.69) is 15.9 Å². The van der Waals surface area contributed by atoms with Gasteiger partial charge < -0.3 is 10.8 Å². The molecule has 13 heavy (non-hydrogen) atoms. The van der Waals surface area contributed by atoms with E-state index in [0.29, 0.717) is 0 Å². The van der Waals surface area contributed by atoms with Crippen molar-refractivity contribution in [3.63, 3.8) is 0 Å². The average molecular weight is 244 g/mol. The third-order valence-electron chi connectivity index (χ3n) is 2.22. The van der Waals surface area contributed by atoms with Crippen molar-refractivity contribution < 1.29 is 5.11 Å². The van der Waals surface area contributed by atoms with Gasteiger partial charge in [0.05, 0.1) is 12.6 Å². The lowest BCUT2D eigenvalue weighted by Crippen LogP contribution is -2.16. The minimum atomic E-state index is -0.281. The summed E-state index contributed by atoms with van der Waals surface area (Å²) < 4.78 is 1.08. The summed E-state index contributed by atoms with van der Waals surface area (Å²) in [5.74, 6) is 0. The Bertz CT molecular complexity index is 312. The summed E-state index contributed by atoms with van der Waals surface area (Å²) in [6.07, 6.45) is 0. The van der Waals surface area contributed by atoms with Crippen LogP contribution in [0, 0.1) is 13.8 Å². The van der Waals surface area contributed by atoms with E-state index in [1.54, 1.807) is 0 Å². The molecule has 1 unspecified atom stereocenters. The Morgan fingerprint density at radius 2 is 2.08 bits per heavy atom. The molecule has 0 aliphatic carbocycles. The molecular weight excluding hydrogens is 230 g/mol. The van der Waals surface area contributed by atoms with Crippen molar-refractivity contribution >= 4 is 15.9 Å². The molecule has 1 atom stereocenters. The highest BCUT2D eigenvalue weighted by atomic mass is 79.9. The number of halogens is 1. The van der Waals surface area contributed by atoms with Gasteiger partial charge in [0.15, 0.2) is 0 Å². The normalized spacial score (nSPS) is 13.0. The number of aryl methyl sites for hydroxylation is 1. The molecule has 1 rings (SSSR count). The van der Waals surface area contributed by atoms with Crippen molar-refractivity contribution in [3.8, 4) is 0 Å². The second-order valence-electron chi connectivity index (χ2n) is 3.20. The first-order valence-electron chi connectivity index (χ1n) is 4.20. The summed E-state index contributed by atoms with van der Waals surface area (Å²) in [4.78, 5) is 0. The van der Waals surface area contributed by atoms with Crippen LogP contribution in [0.3, 0.4) is 0 Å². The van der Waals surface area contributed by atoms with Crippen molar-refractivity contribution in [2.45, 2.75) is 19.9 Å². The van der Waals surface area contributed by atoms with Gasteiger partial charge in [0.1, 0.15) is 0 Å². The fourth-order valence-corrected chi connectivity index (χ4v) is 1.70. The summed E-state index contributed by atoms with van der Waals surface area (Å²) in [6.45, 7) is 4.02. The lowest BCUT2D eigenvalue weighted by Gasteiger charge is -2.14. The predicted molar refractivity (Wildman–Crippen MR) is 57.6 cm³/mol. The molecule has 0 aliphatic heterocycles. The molecule has 0 radical (unpaired) electrons. The number of hydrogen-bond donors (Lipinski definition) is 2. The molecule has 72 valence electrons. The number of aliphatic hydroxyl groups is 1. The fourth-order valence-electron chi connectivity index (χ4n) is 1.34. The topological polar surface area (TPSA) is 46.2 Å². The van der Waals surface area contributed by atoms with Gasteiger partial charge in [-0.25, -0.2) is 0 Å². The Kier molecular flexibility index (Phi) is 3.47. The second kappa shape index (κ2) is 4.22. The zero-order chi connectivity index (χ0) is 10.0. The molecule has 0 aliphatic rings. The van der Waals surface area contributed by atoms with Crippen molar-refractivity contribution in [1.29, 1.82) is 0 Å². The zero-order valence-corrected chi connectivity index (χ0v) is 9.43. The molecule has 0 spiro atoms. The summed E-state index contributed by atoms with van der Waals surface area (Å²) in [5.41, 5.74) is 9.04. The van der Waals surface area contributed by atoms with Crippen molar-refractivity contribution in [2.75, 3.05) is 6.61 Å². The molecule has 1 aromatic rings. The van der Waals surface area contributed by atoms with E-state index in [0.717, 1.165) is 15.6 Å². The molecule has 0 saturated carbocycles. The largest absolute Gasteiger partial charge is 0.394 e. The Labute approximate surface area is 86.9 Å². The third-order valence-corrected chi connectivity index (χ3v) is 3.44. The van der Waals surface area contributed by atoms with Gasteiger partial charge in [-0.2, -0.15) is 0 Å². The summed E-state index contributed by atoms with van der Waals surface area (Å²) in [6, 6.07) is 3.69. The van der Waals surface area contributed by atoms with Crippen molar-refractivity contribution in [3.05, 3.63) is 33.3 Å². The lowest BCUT2D eigenvalue weighted by atomic mass is 10.0. The summed E-state index contributed by atoms with van der Waals surface area (Å²) in [5, 5.41) is 8.93. The van der Waals surface area contributed by atoms with E-state index >= 15 is 0 Å². The maximum atomic E-state index is 8.93. The van der Waals surface area contributed by atoms with E-state index in [9.17, 15) is 0 Å². The number of nitrogens with two attached hydrogens (primary N) is 1. The maximum Gasteiger partial charge on any atom is 0.0624 e. The van der Waals surface area contributed by atoms with Gasteiger partial charge in [-0.05, 0) is 30.5 Å². The zero-order valence-electron chi connectivity index (χ0n) is 7.84. The number of rotatable bonds is 2. The van der Waals surface area contributed by atoms with E-state index in [1.165, 1.54) is 5.56 Å². The molecule has 3 N–H and O–H groups in total. The molecule has 0 bridgehead atoms. The van der Waals surface area contributed by atoms with E-state index in [-0.39, 0.29) is 12.6 Å². The Hall–Kier alpha value is -0.380. The average Bonchev–Trinajstić information content (AvgIpc) is 2.13. The molecule has 3 heteroatoms. The number of hydrogen-bond acceptors (Lipinski definition) is 2. The molecule has 0 amide bonds. The lowest BCUT2D eigenvalue weighted by molar-refractivity contribution is 0.267. The highest BCUT2D eigenvalue weighted by molar-refractivity contribution is 9.10. The first-order valence-corrected chi connectivity index (χ1v) is 4.99. The Morgan fingerprint density at radius 3 is 2.62 bits per heavy atom. The molecule has 0 aromatic heterocycles. The molecule has 0 saturated heterocycles. The van der Waals surface area contributed by atoms with Gasteiger partial charge in [-0.15, -0.1) is 0 Å². The van der Waals surface area contributed by atoms with Crippen LogP contribution in [0.5, 0.6) is 0 Å². The SMILES string of the molecule is Cc1ccc(C(N)CO)c(C)c1Br. The van der Waals surface area contributed by atoms with Gasteiger partial charge >= 0.3 is 0 Å². The van der Waals surface area contributed by atoms with Gasteiger partial charge in [-0.1, -0.05) is 28.1 Å². The monoisotopic (exact) mass is 243 g/mol. The standard InChI is InChI=1S/C10H14BrNO/c1-6-3-4-8(9(12)5-13)7(2)10(6)11/h3-4,9,13H,5,12H2,1-2H3. The van der Waals surface area contributed by atoms with Crippen molar-refractivity contribution in [2.24, 2.45) is 5.73 Å². The summed E-state index contributed by atoms with van der Waals surface area (Å²) in [7, 11) is 0. The minimum Gasteiger partial charge on any atom is -0.394 e. The van der Waals surface area contributed by atoms with E-state index < -0.39 is 0 Å². The molecular formula is C10H14BrNO. The first-order chi connectivity index (χ1) is 6.07. The van der Waals surface area contributed by atoms with Crippen LogP contribution in [0.2, 0.25) is 0 Å². The number of benzene rings is 1. The Balaban J connectivity index is 3.18. The third kappa shape index (κ3) is 2.10. The quantitative estimate of drug-likeness (QED) is 0.836. The molecule has 0 fully saturated rings. The van der Waals surface area contributed by atoms with Crippen molar-refractivity contribution in [1.82, 2.24) is 0 Å². The van der Waals surface area contributed by atoms with Gasteiger partial charge in [0.25, 0.3) is 0 Å². The highest BCUT2D eigenvalue weighted by Gasteiger charge is 2.10. The highest BCUT2D eigenvalue weighted by Crippen LogP contribution is 2.26.